The van der Waals surface area contributed by atoms with E-state index in [-0.39, 0.29) is 17.8 Å². The van der Waals surface area contributed by atoms with Crippen molar-refractivity contribution in [2.45, 2.75) is 38.4 Å². The zero-order valence-electron chi connectivity index (χ0n) is 10.1. The molecular weight excluding hydrogens is 192 g/mol. The maximum absolute atomic E-state index is 9.16. The number of rotatable bonds is 6. The Labute approximate surface area is 92.1 Å². The molecule has 0 bridgehead atoms. The molecule has 1 heterocycles. The summed E-state index contributed by atoms with van der Waals surface area (Å²) in [7, 11) is 1.70. The Bertz CT molecular complexity index is 229. The second-order valence-corrected chi connectivity index (χ2v) is 4.86. The standard InChI is InChI=1S/C12H22O3/c1-10(12(8-13)9-15-12)6-5-7-11(2,3)14-4/h5,7,10,13H,6,8-9H2,1-4H3/b7-5+/t10-,12-/m0/s1. The SMILES string of the molecule is COC(C)(C)/C=C/C[C@H](C)[C@]1(CO)CO1. The van der Waals surface area contributed by atoms with Gasteiger partial charge in [0.1, 0.15) is 5.60 Å². The summed E-state index contributed by atoms with van der Waals surface area (Å²) in [5.41, 5.74) is -0.474. The molecule has 0 aromatic carbocycles. The van der Waals surface area contributed by atoms with Gasteiger partial charge in [-0.05, 0) is 26.2 Å². The number of methoxy groups -OCH3 is 1. The summed E-state index contributed by atoms with van der Waals surface area (Å²) < 4.78 is 10.6. The number of ether oxygens (including phenoxy) is 2. The third-order valence-corrected chi connectivity index (χ3v) is 3.22. The van der Waals surface area contributed by atoms with Gasteiger partial charge in [-0.25, -0.2) is 0 Å². The van der Waals surface area contributed by atoms with Gasteiger partial charge in [0.25, 0.3) is 0 Å². The first-order valence-electron chi connectivity index (χ1n) is 5.43. The van der Waals surface area contributed by atoms with E-state index < -0.39 is 0 Å². The molecule has 1 aliphatic rings. The smallest absolute Gasteiger partial charge is 0.117 e. The Balaban J connectivity index is 2.37. The molecule has 1 aliphatic heterocycles. The average Bonchev–Trinajstić information content (AvgIpc) is 2.98. The topological polar surface area (TPSA) is 42.0 Å². The fourth-order valence-electron chi connectivity index (χ4n) is 1.46. The highest BCUT2D eigenvalue weighted by atomic mass is 16.6. The van der Waals surface area contributed by atoms with Gasteiger partial charge in [0.15, 0.2) is 0 Å². The van der Waals surface area contributed by atoms with Crippen molar-refractivity contribution in [2.75, 3.05) is 20.3 Å². The van der Waals surface area contributed by atoms with Crippen molar-refractivity contribution in [1.82, 2.24) is 0 Å². The van der Waals surface area contributed by atoms with Crippen molar-refractivity contribution in [3.05, 3.63) is 12.2 Å². The van der Waals surface area contributed by atoms with Crippen molar-refractivity contribution in [2.24, 2.45) is 5.92 Å². The van der Waals surface area contributed by atoms with Crippen LogP contribution in [0.25, 0.3) is 0 Å². The number of aliphatic hydroxyl groups excluding tert-OH is 1. The monoisotopic (exact) mass is 214 g/mol. The zero-order valence-corrected chi connectivity index (χ0v) is 10.1. The fraction of sp³-hybridized carbons (Fsp3) is 0.833. The molecule has 1 rings (SSSR count). The average molecular weight is 214 g/mol. The van der Waals surface area contributed by atoms with Crippen LogP contribution in [0, 0.1) is 5.92 Å². The van der Waals surface area contributed by atoms with Crippen LogP contribution >= 0.6 is 0 Å². The second-order valence-electron chi connectivity index (χ2n) is 4.86. The number of allylic oxidation sites excluding steroid dienone is 1. The molecule has 0 aromatic heterocycles. The first-order chi connectivity index (χ1) is 6.96. The molecular formula is C12H22O3. The highest BCUT2D eigenvalue weighted by Gasteiger charge is 2.48. The van der Waals surface area contributed by atoms with Crippen LogP contribution < -0.4 is 0 Å². The van der Waals surface area contributed by atoms with E-state index in [1.807, 2.05) is 13.8 Å². The summed E-state index contributed by atoms with van der Waals surface area (Å²) in [4.78, 5) is 0. The third kappa shape index (κ3) is 3.30. The van der Waals surface area contributed by atoms with E-state index in [0.29, 0.717) is 12.5 Å². The Hall–Kier alpha value is -0.380. The van der Waals surface area contributed by atoms with Gasteiger partial charge in [0.05, 0.1) is 18.8 Å². The fourth-order valence-corrected chi connectivity index (χ4v) is 1.46. The number of hydrogen-bond donors (Lipinski definition) is 1. The molecule has 0 unspecified atom stereocenters. The van der Waals surface area contributed by atoms with E-state index in [1.54, 1.807) is 7.11 Å². The quantitative estimate of drug-likeness (QED) is 0.541. The van der Waals surface area contributed by atoms with Crippen LogP contribution in [0.3, 0.4) is 0 Å². The van der Waals surface area contributed by atoms with Crippen molar-refractivity contribution >= 4 is 0 Å². The molecule has 0 saturated carbocycles. The highest BCUT2D eigenvalue weighted by Crippen LogP contribution is 2.36. The molecule has 0 aromatic rings. The Morgan fingerprint density at radius 2 is 2.20 bits per heavy atom. The van der Waals surface area contributed by atoms with Crippen LogP contribution in [0.4, 0.5) is 0 Å². The molecule has 88 valence electrons. The number of epoxide rings is 1. The lowest BCUT2D eigenvalue weighted by Crippen LogP contribution is -2.26. The van der Waals surface area contributed by atoms with E-state index in [1.165, 1.54) is 0 Å². The minimum absolute atomic E-state index is 0.121. The number of hydrogen-bond acceptors (Lipinski definition) is 3. The van der Waals surface area contributed by atoms with Gasteiger partial charge in [-0.2, -0.15) is 0 Å². The van der Waals surface area contributed by atoms with Crippen molar-refractivity contribution < 1.29 is 14.6 Å². The molecule has 0 amide bonds. The largest absolute Gasteiger partial charge is 0.393 e. The predicted octanol–water partition coefficient (Wildman–Crippen LogP) is 1.76. The van der Waals surface area contributed by atoms with Crippen LogP contribution in [0.5, 0.6) is 0 Å². The molecule has 1 fully saturated rings. The third-order valence-electron chi connectivity index (χ3n) is 3.22. The lowest BCUT2D eigenvalue weighted by atomic mass is 9.91. The van der Waals surface area contributed by atoms with Gasteiger partial charge >= 0.3 is 0 Å². The van der Waals surface area contributed by atoms with Crippen LogP contribution in [0.1, 0.15) is 27.2 Å². The lowest BCUT2D eigenvalue weighted by molar-refractivity contribution is 0.0650. The van der Waals surface area contributed by atoms with Crippen LogP contribution in [-0.2, 0) is 9.47 Å². The van der Waals surface area contributed by atoms with Gasteiger partial charge in [-0.1, -0.05) is 19.1 Å². The summed E-state index contributed by atoms with van der Waals surface area (Å²) in [5, 5.41) is 9.16. The van der Waals surface area contributed by atoms with Gasteiger partial charge < -0.3 is 14.6 Å². The first kappa shape index (κ1) is 12.7. The maximum atomic E-state index is 9.16. The maximum Gasteiger partial charge on any atom is 0.117 e. The van der Waals surface area contributed by atoms with Crippen LogP contribution in [-0.4, -0.2) is 36.6 Å². The van der Waals surface area contributed by atoms with E-state index in [9.17, 15) is 0 Å². The first-order valence-corrected chi connectivity index (χ1v) is 5.43. The van der Waals surface area contributed by atoms with E-state index >= 15 is 0 Å². The Morgan fingerprint density at radius 1 is 1.60 bits per heavy atom. The molecule has 1 N–H and O–H groups in total. The summed E-state index contributed by atoms with van der Waals surface area (Å²) >= 11 is 0. The molecule has 3 heteroatoms. The van der Waals surface area contributed by atoms with E-state index in [2.05, 4.69) is 19.1 Å². The van der Waals surface area contributed by atoms with Gasteiger partial charge in [0.2, 0.25) is 0 Å². The molecule has 0 aliphatic carbocycles. The predicted molar refractivity (Wildman–Crippen MR) is 59.8 cm³/mol. The number of aliphatic hydroxyl groups is 1. The highest BCUT2D eigenvalue weighted by molar-refractivity contribution is 5.02. The molecule has 0 radical (unpaired) electrons. The Morgan fingerprint density at radius 3 is 2.60 bits per heavy atom. The minimum atomic E-state index is -0.262. The van der Waals surface area contributed by atoms with E-state index in [4.69, 9.17) is 14.6 Å². The van der Waals surface area contributed by atoms with Crippen LogP contribution in [0.15, 0.2) is 12.2 Å². The second kappa shape index (κ2) is 4.64. The van der Waals surface area contributed by atoms with Gasteiger partial charge in [0, 0.05) is 7.11 Å². The van der Waals surface area contributed by atoms with Crippen molar-refractivity contribution in [3.8, 4) is 0 Å². The van der Waals surface area contributed by atoms with Crippen molar-refractivity contribution in [1.29, 1.82) is 0 Å². The summed E-state index contributed by atoms with van der Waals surface area (Å²) in [6.07, 6.45) is 5.07. The summed E-state index contributed by atoms with van der Waals surface area (Å²) in [6, 6.07) is 0. The normalized spacial score (nSPS) is 28.3. The van der Waals surface area contributed by atoms with Crippen molar-refractivity contribution in [3.63, 3.8) is 0 Å². The zero-order chi connectivity index (χ0) is 11.5. The molecule has 2 atom stereocenters. The molecule has 0 spiro atoms. The molecule has 1 saturated heterocycles. The minimum Gasteiger partial charge on any atom is -0.393 e. The van der Waals surface area contributed by atoms with Gasteiger partial charge in [-0.3, -0.25) is 0 Å². The molecule has 15 heavy (non-hydrogen) atoms. The molecule has 3 nitrogen and oxygen atoms in total. The van der Waals surface area contributed by atoms with E-state index in [0.717, 1.165) is 6.42 Å². The lowest BCUT2D eigenvalue weighted by Gasteiger charge is -2.19. The van der Waals surface area contributed by atoms with Gasteiger partial charge in [-0.15, -0.1) is 0 Å². The van der Waals surface area contributed by atoms with Crippen LogP contribution in [0.2, 0.25) is 0 Å². The summed E-state index contributed by atoms with van der Waals surface area (Å²) in [5.74, 6) is 0.353. The Kier molecular flexibility index (Phi) is 3.93. The summed E-state index contributed by atoms with van der Waals surface area (Å²) in [6.45, 7) is 6.95.